The molecule has 0 spiro atoms. The number of rotatable bonds is 8. The predicted molar refractivity (Wildman–Crippen MR) is 84.7 cm³/mol. The Bertz CT molecular complexity index is 507. The van der Waals surface area contributed by atoms with Crippen molar-refractivity contribution in [1.29, 1.82) is 0 Å². The molecule has 0 saturated heterocycles. The Kier molecular flexibility index (Phi) is 6.03. The number of carbonyl (C=O) groups is 1. The number of aliphatic hydroxyl groups excluding tert-OH is 1. The molecule has 2 rings (SSSR count). The molecule has 0 bridgehead atoms. The third kappa shape index (κ3) is 4.35. The third-order valence-corrected chi connectivity index (χ3v) is 3.89. The minimum Gasteiger partial charge on any atom is -0.490 e. The topological polar surface area (TPSA) is 73.2 Å². The van der Waals surface area contributed by atoms with Crippen LogP contribution in [0, 0.1) is 0 Å². The molecule has 1 aliphatic heterocycles. The largest absolute Gasteiger partial charge is 0.490 e. The van der Waals surface area contributed by atoms with Crippen LogP contribution in [-0.4, -0.2) is 67.0 Å². The van der Waals surface area contributed by atoms with E-state index in [9.17, 15) is 4.79 Å². The van der Waals surface area contributed by atoms with Crippen LogP contribution in [0.15, 0.2) is 18.2 Å². The predicted octanol–water partition coefficient (Wildman–Crippen LogP) is 0.827. The van der Waals surface area contributed by atoms with Crippen LogP contribution in [0.1, 0.15) is 12.5 Å². The number of fused-ring (bicyclic) bond motifs is 1. The summed E-state index contributed by atoms with van der Waals surface area (Å²) in [7, 11) is 0. The van der Waals surface area contributed by atoms with Gasteiger partial charge in [-0.05, 0) is 30.7 Å². The van der Waals surface area contributed by atoms with E-state index in [2.05, 4.69) is 11.8 Å². The summed E-state index contributed by atoms with van der Waals surface area (Å²) < 4.78 is 5.60. The van der Waals surface area contributed by atoms with Crippen LogP contribution in [0.3, 0.4) is 0 Å². The second-order valence-corrected chi connectivity index (χ2v) is 5.37. The highest BCUT2D eigenvalue weighted by atomic mass is 16.5. The summed E-state index contributed by atoms with van der Waals surface area (Å²) in [4.78, 5) is 15.0. The lowest BCUT2D eigenvalue weighted by molar-refractivity contribution is -0.135. The number of benzene rings is 1. The summed E-state index contributed by atoms with van der Waals surface area (Å²) in [6.07, 6.45) is 0.863. The molecule has 1 heterocycles. The maximum atomic E-state index is 11.0. The lowest BCUT2D eigenvalue weighted by Crippen LogP contribution is -2.36. The quantitative estimate of drug-likeness (QED) is 0.741. The lowest BCUT2D eigenvalue weighted by Gasteiger charge is -2.30. The van der Waals surface area contributed by atoms with Gasteiger partial charge in [0.25, 0.3) is 0 Å². The van der Waals surface area contributed by atoms with Gasteiger partial charge in [0.2, 0.25) is 0 Å². The number of hydrogen-bond acceptors (Lipinski definition) is 5. The third-order valence-electron chi connectivity index (χ3n) is 3.89. The summed E-state index contributed by atoms with van der Waals surface area (Å²) in [5.41, 5.74) is 2.01. The maximum Gasteiger partial charge on any atom is 0.323 e. The van der Waals surface area contributed by atoms with E-state index in [1.165, 1.54) is 0 Å². The molecular weight excluding hydrogens is 284 g/mol. The van der Waals surface area contributed by atoms with Crippen LogP contribution in [0.4, 0.5) is 5.69 Å². The van der Waals surface area contributed by atoms with Crippen LogP contribution in [0.25, 0.3) is 0 Å². The van der Waals surface area contributed by atoms with Crippen LogP contribution >= 0.6 is 0 Å². The fraction of sp³-hybridized carbons (Fsp3) is 0.562. The summed E-state index contributed by atoms with van der Waals surface area (Å²) in [5.74, 6) is -0.0858. The maximum absolute atomic E-state index is 11.0. The van der Waals surface area contributed by atoms with Gasteiger partial charge in [0.05, 0.1) is 18.8 Å². The first-order valence-corrected chi connectivity index (χ1v) is 7.69. The van der Waals surface area contributed by atoms with E-state index in [4.69, 9.17) is 14.9 Å². The fourth-order valence-corrected chi connectivity index (χ4v) is 2.66. The first-order valence-electron chi connectivity index (χ1n) is 7.69. The molecule has 0 amide bonds. The number of nitrogens with zero attached hydrogens (tertiary/aromatic N) is 2. The fourth-order valence-electron chi connectivity index (χ4n) is 2.66. The first-order chi connectivity index (χ1) is 10.6. The number of anilines is 1. The summed E-state index contributed by atoms with van der Waals surface area (Å²) >= 11 is 0. The van der Waals surface area contributed by atoms with Crippen molar-refractivity contribution in [2.24, 2.45) is 0 Å². The van der Waals surface area contributed by atoms with Gasteiger partial charge in [-0.15, -0.1) is 0 Å². The van der Waals surface area contributed by atoms with Gasteiger partial charge in [0, 0.05) is 13.1 Å². The van der Waals surface area contributed by atoms with Crippen molar-refractivity contribution in [1.82, 2.24) is 4.90 Å². The normalized spacial score (nSPS) is 13.9. The summed E-state index contributed by atoms with van der Waals surface area (Å²) in [5, 5.41) is 18.0. The van der Waals surface area contributed by atoms with E-state index >= 15 is 0 Å². The Hall–Kier alpha value is -1.79. The Balaban J connectivity index is 2.06. The Morgan fingerprint density at radius 1 is 1.41 bits per heavy atom. The van der Waals surface area contributed by atoms with Gasteiger partial charge in [0.1, 0.15) is 18.9 Å². The minimum absolute atomic E-state index is 0.00852. The first kappa shape index (κ1) is 16.6. The molecule has 22 heavy (non-hydrogen) atoms. The Labute approximate surface area is 130 Å². The number of hydrogen-bond donors (Lipinski definition) is 2. The molecule has 1 aromatic rings. The van der Waals surface area contributed by atoms with E-state index in [0.29, 0.717) is 19.7 Å². The van der Waals surface area contributed by atoms with Gasteiger partial charge in [-0.1, -0.05) is 13.0 Å². The molecule has 0 aromatic heterocycles. The smallest absolute Gasteiger partial charge is 0.323 e. The molecule has 0 radical (unpaired) electrons. The van der Waals surface area contributed by atoms with Crippen molar-refractivity contribution in [2.45, 2.75) is 13.3 Å². The van der Waals surface area contributed by atoms with Crippen molar-refractivity contribution in [2.75, 3.05) is 50.8 Å². The number of carboxylic acid groups (broad SMARTS) is 1. The molecule has 6 nitrogen and oxygen atoms in total. The van der Waals surface area contributed by atoms with Crippen molar-refractivity contribution in [3.8, 4) is 5.75 Å². The van der Waals surface area contributed by atoms with Gasteiger partial charge in [-0.2, -0.15) is 0 Å². The number of carboxylic acids is 1. The Morgan fingerprint density at radius 2 is 2.23 bits per heavy atom. The highest BCUT2D eigenvalue weighted by molar-refractivity contribution is 5.75. The minimum atomic E-state index is -0.835. The van der Waals surface area contributed by atoms with Gasteiger partial charge < -0.3 is 24.7 Å². The van der Waals surface area contributed by atoms with E-state index in [1.807, 2.05) is 23.1 Å². The average Bonchev–Trinajstić information content (AvgIpc) is 2.51. The second-order valence-electron chi connectivity index (χ2n) is 5.37. The number of aliphatic hydroxyl groups is 1. The van der Waals surface area contributed by atoms with E-state index < -0.39 is 5.97 Å². The monoisotopic (exact) mass is 308 g/mol. The molecule has 6 heteroatoms. The molecule has 1 aromatic carbocycles. The standard InChI is InChI=1S/C16H24N2O4/c1-2-17(7-9-19)6-5-13-3-4-15-14(11-13)18(8-10-22-15)12-16(20)21/h3-4,11,19H,2,5-10,12H2,1H3,(H,20,21). The van der Waals surface area contributed by atoms with Gasteiger partial charge in [-0.25, -0.2) is 0 Å². The van der Waals surface area contributed by atoms with Gasteiger partial charge >= 0.3 is 5.97 Å². The summed E-state index contributed by atoms with van der Waals surface area (Å²) in [6, 6.07) is 5.96. The van der Waals surface area contributed by atoms with Crippen molar-refractivity contribution >= 4 is 11.7 Å². The zero-order valence-electron chi connectivity index (χ0n) is 13.0. The SMILES string of the molecule is CCN(CCO)CCc1ccc2c(c1)N(CC(=O)O)CCO2. The highest BCUT2D eigenvalue weighted by Gasteiger charge is 2.20. The van der Waals surface area contributed by atoms with Crippen LogP contribution in [0.5, 0.6) is 5.75 Å². The van der Waals surface area contributed by atoms with E-state index in [1.54, 1.807) is 0 Å². The van der Waals surface area contributed by atoms with Crippen LogP contribution < -0.4 is 9.64 Å². The van der Waals surface area contributed by atoms with E-state index in [-0.39, 0.29) is 13.2 Å². The average molecular weight is 308 g/mol. The van der Waals surface area contributed by atoms with Crippen LogP contribution in [-0.2, 0) is 11.2 Å². The highest BCUT2D eigenvalue weighted by Crippen LogP contribution is 2.32. The molecule has 0 aliphatic carbocycles. The van der Waals surface area contributed by atoms with Crippen molar-refractivity contribution in [3.05, 3.63) is 23.8 Å². The molecular formula is C16H24N2O4. The number of ether oxygens (including phenoxy) is 1. The Morgan fingerprint density at radius 3 is 2.91 bits per heavy atom. The zero-order valence-corrected chi connectivity index (χ0v) is 13.0. The molecule has 0 fully saturated rings. The van der Waals surface area contributed by atoms with Crippen molar-refractivity contribution in [3.63, 3.8) is 0 Å². The van der Waals surface area contributed by atoms with Crippen molar-refractivity contribution < 1.29 is 19.7 Å². The molecule has 122 valence electrons. The van der Waals surface area contributed by atoms with E-state index in [0.717, 1.165) is 36.5 Å². The lowest BCUT2D eigenvalue weighted by atomic mass is 10.1. The molecule has 0 saturated carbocycles. The molecule has 0 atom stereocenters. The number of likely N-dealkylation sites (N-methyl/N-ethyl adjacent to an activating group) is 1. The summed E-state index contributed by atoms with van der Waals surface area (Å²) in [6.45, 7) is 5.79. The second kappa shape index (κ2) is 8.00. The number of aliphatic carboxylic acids is 1. The molecule has 2 N–H and O–H groups in total. The molecule has 1 aliphatic rings. The molecule has 0 unspecified atom stereocenters. The van der Waals surface area contributed by atoms with Crippen LogP contribution in [0.2, 0.25) is 0 Å². The van der Waals surface area contributed by atoms with Gasteiger partial charge in [-0.3, -0.25) is 4.79 Å². The zero-order chi connectivity index (χ0) is 15.9. The van der Waals surface area contributed by atoms with Gasteiger partial charge in [0.15, 0.2) is 0 Å².